The summed E-state index contributed by atoms with van der Waals surface area (Å²) in [5, 5.41) is 0. The van der Waals surface area contributed by atoms with Gasteiger partial charge in [-0.3, -0.25) is 20.4 Å². The van der Waals surface area contributed by atoms with E-state index in [0.29, 0.717) is 17.7 Å². The Morgan fingerprint density at radius 3 is 2.42 bits per heavy atom. The monoisotopic (exact) mass is 438 g/mol. The van der Waals surface area contributed by atoms with Crippen LogP contribution in [0.2, 0.25) is 0 Å². The van der Waals surface area contributed by atoms with Crippen molar-refractivity contribution >= 4 is 34.4 Å². The van der Waals surface area contributed by atoms with Crippen LogP contribution in [0.4, 0.5) is 0 Å². The second kappa shape index (κ2) is 8.68. The zero-order valence-corrected chi connectivity index (χ0v) is 15.7. The van der Waals surface area contributed by atoms with E-state index in [1.165, 1.54) is 0 Å². The highest BCUT2D eigenvalue weighted by Gasteiger charge is 2.20. The van der Waals surface area contributed by atoms with E-state index in [1.54, 1.807) is 12.1 Å². The number of hydrazine groups is 1. The number of aryl methyl sites for hydroxylation is 1. The molecule has 1 atom stereocenters. The van der Waals surface area contributed by atoms with Gasteiger partial charge in [-0.15, -0.1) is 0 Å². The minimum atomic E-state index is -0.679. The highest BCUT2D eigenvalue weighted by molar-refractivity contribution is 14.1. The van der Waals surface area contributed by atoms with Crippen molar-refractivity contribution in [2.75, 3.05) is 0 Å². The van der Waals surface area contributed by atoms with Gasteiger partial charge in [-0.1, -0.05) is 37.3 Å². The van der Waals surface area contributed by atoms with Gasteiger partial charge in [-0.25, -0.2) is 0 Å². The number of halogens is 1. The second-order valence-corrected chi connectivity index (χ2v) is 6.37. The fourth-order valence-corrected chi connectivity index (χ4v) is 2.71. The molecule has 126 valence electrons. The quantitative estimate of drug-likeness (QED) is 0.557. The lowest BCUT2D eigenvalue weighted by molar-refractivity contribution is -0.128. The largest absolute Gasteiger partial charge is 0.480 e. The number of ether oxygens (including phenoxy) is 1. The molecule has 0 heterocycles. The number of carbonyl (C=O) groups is 2. The van der Waals surface area contributed by atoms with E-state index in [9.17, 15) is 9.59 Å². The van der Waals surface area contributed by atoms with Crippen LogP contribution in [0.25, 0.3) is 0 Å². The summed E-state index contributed by atoms with van der Waals surface area (Å²) in [6.07, 6.45) is -0.194. The molecule has 0 saturated carbocycles. The Morgan fingerprint density at radius 2 is 1.75 bits per heavy atom. The average Bonchev–Trinajstić information content (AvgIpc) is 2.59. The third-order valence-corrected chi connectivity index (χ3v) is 4.38. The number of hydrogen-bond donors (Lipinski definition) is 2. The van der Waals surface area contributed by atoms with Crippen LogP contribution in [0.1, 0.15) is 29.3 Å². The molecule has 0 fully saturated rings. The SMILES string of the molecule is CCC(Oc1ccccc1C)C(=O)NNC(=O)c1ccccc1I. The predicted molar refractivity (Wildman–Crippen MR) is 101 cm³/mol. The maximum absolute atomic E-state index is 12.3. The minimum absolute atomic E-state index is 0.362. The first-order valence-electron chi connectivity index (χ1n) is 7.60. The molecule has 24 heavy (non-hydrogen) atoms. The van der Waals surface area contributed by atoms with Gasteiger partial charge in [0.25, 0.3) is 11.8 Å². The maximum Gasteiger partial charge on any atom is 0.279 e. The molecule has 2 rings (SSSR count). The summed E-state index contributed by atoms with van der Waals surface area (Å²) in [4.78, 5) is 24.4. The maximum atomic E-state index is 12.3. The first-order chi connectivity index (χ1) is 11.5. The summed E-state index contributed by atoms with van der Waals surface area (Å²) in [6, 6.07) is 14.6. The normalized spacial score (nSPS) is 11.5. The number of nitrogens with one attached hydrogen (secondary N) is 2. The molecule has 6 heteroatoms. The van der Waals surface area contributed by atoms with Crippen LogP contribution < -0.4 is 15.6 Å². The molecule has 0 radical (unpaired) electrons. The molecular weight excluding hydrogens is 419 g/mol. The highest BCUT2D eigenvalue weighted by atomic mass is 127. The zero-order valence-electron chi connectivity index (χ0n) is 13.5. The van der Waals surface area contributed by atoms with Crippen molar-refractivity contribution in [2.45, 2.75) is 26.4 Å². The molecule has 2 amide bonds. The van der Waals surface area contributed by atoms with Gasteiger partial charge < -0.3 is 4.74 Å². The lowest BCUT2D eigenvalue weighted by Crippen LogP contribution is -2.48. The molecule has 0 aliphatic carbocycles. The van der Waals surface area contributed by atoms with Crippen LogP contribution in [0.15, 0.2) is 48.5 Å². The number of rotatable bonds is 5. The molecule has 0 aliphatic rings. The standard InChI is InChI=1S/C18H19IN2O3/c1-3-15(24-16-11-7-4-8-12(16)2)18(23)21-20-17(22)13-9-5-6-10-14(13)19/h4-11,15H,3H2,1-2H3,(H,20,22)(H,21,23). The molecule has 5 nitrogen and oxygen atoms in total. The molecule has 0 bridgehead atoms. The number of amides is 2. The van der Waals surface area contributed by atoms with E-state index in [2.05, 4.69) is 33.4 Å². The van der Waals surface area contributed by atoms with Crippen molar-refractivity contribution in [3.05, 3.63) is 63.2 Å². The Morgan fingerprint density at radius 1 is 1.08 bits per heavy atom. The van der Waals surface area contributed by atoms with Crippen molar-refractivity contribution < 1.29 is 14.3 Å². The van der Waals surface area contributed by atoms with E-state index >= 15 is 0 Å². The third-order valence-electron chi connectivity index (χ3n) is 3.44. The van der Waals surface area contributed by atoms with Gasteiger partial charge in [0.05, 0.1) is 5.56 Å². The van der Waals surface area contributed by atoms with Gasteiger partial charge >= 0.3 is 0 Å². The second-order valence-electron chi connectivity index (χ2n) is 5.20. The molecule has 0 saturated heterocycles. The molecule has 0 aromatic heterocycles. The summed E-state index contributed by atoms with van der Waals surface area (Å²) in [5.41, 5.74) is 6.32. The highest BCUT2D eigenvalue weighted by Crippen LogP contribution is 2.18. The topological polar surface area (TPSA) is 67.4 Å². The number of carbonyl (C=O) groups excluding carboxylic acids is 2. The number of hydrogen-bond acceptors (Lipinski definition) is 3. The van der Waals surface area contributed by atoms with Gasteiger partial charge in [-0.2, -0.15) is 0 Å². The van der Waals surface area contributed by atoms with E-state index in [1.807, 2.05) is 50.2 Å². The number of para-hydroxylation sites is 1. The van der Waals surface area contributed by atoms with Crippen molar-refractivity contribution in [3.63, 3.8) is 0 Å². The van der Waals surface area contributed by atoms with E-state index < -0.39 is 6.10 Å². The van der Waals surface area contributed by atoms with Crippen LogP contribution in [0.5, 0.6) is 5.75 Å². The predicted octanol–water partition coefficient (Wildman–Crippen LogP) is 3.22. The summed E-state index contributed by atoms with van der Waals surface area (Å²) in [5.74, 6) is -0.0948. The van der Waals surface area contributed by atoms with E-state index in [-0.39, 0.29) is 11.8 Å². The average molecular weight is 438 g/mol. The van der Waals surface area contributed by atoms with E-state index in [4.69, 9.17) is 4.74 Å². The van der Waals surface area contributed by atoms with Crippen LogP contribution in [-0.2, 0) is 4.79 Å². The van der Waals surface area contributed by atoms with Crippen LogP contribution in [0.3, 0.4) is 0 Å². The van der Waals surface area contributed by atoms with Crippen LogP contribution in [0, 0.1) is 10.5 Å². The van der Waals surface area contributed by atoms with Crippen molar-refractivity contribution in [1.82, 2.24) is 10.9 Å². The Bertz CT molecular complexity index is 734. The van der Waals surface area contributed by atoms with Crippen molar-refractivity contribution in [2.24, 2.45) is 0 Å². The van der Waals surface area contributed by atoms with Crippen LogP contribution in [-0.4, -0.2) is 17.9 Å². The molecule has 2 aromatic carbocycles. The van der Waals surface area contributed by atoms with Crippen molar-refractivity contribution in [1.29, 1.82) is 0 Å². The minimum Gasteiger partial charge on any atom is -0.480 e. The Labute approximate surface area is 154 Å². The fraction of sp³-hybridized carbons (Fsp3) is 0.222. The van der Waals surface area contributed by atoms with Gasteiger partial charge in [0.1, 0.15) is 5.75 Å². The third kappa shape index (κ3) is 4.70. The summed E-state index contributed by atoms with van der Waals surface area (Å²) < 4.78 is 6.56. The lowest BCUT2D eigenvalue weighted by Gasteiger charge is -2.18. The van der Waals surface area contributed by atoms with Gasteiger partial charge in [0, 0.05) is 3.57 Å². The smallest absolute Gasteiger partial charge is 0.279 e. The first-order valence-corrected chi connectivity index (χ1v) is 8.67. The molecule has 1 unspecified atom stereocenters. The van der Waals surface area contributed by atoms with Crippen molar-refractivity contribution in [3.8, 4) is 5.75 Å². The zero-order chi connectivity index (χ0) is 17.5. The van der Waals surface area contributed by atoms with Gasteiger partial charge in [0.15, 0.2) is 6.10 Å². The molecule has 0 aliphatic heterocycles. The molecule has 2 N–H and O–H groups in total. The lowest BCUT2D eigenvalue weighted by atomic mass is 10.2. The summed E-state index contributed by atoms with van der Waals surface area (Å²) in [7, 11) is 0. The molecular formula is C18H19IN2O3. The Hall–Kier alpha value is -2.09. The molecule has 0 spiro atoms. The summed E-state index contributed by atoms with van der Waals surface area (Å²) in [6.45, 7) is 3.77. The molecule has 2 aromatic rings. The van der Waals surface area contributed by atoms with Crippen LogP contribution >= 0.6 is 22.6 Å². The first kappa shape index (κ1) is 18.3. The Kier molecular flexibility index (Phi) is 6.60. The fourth-order valence-electron chi connectivity index (χ4n) is 2.08. The summed E-state index contributed by atoms with van der Waals surface area (Å²) >= 11 is 2.07. The van der Waals surface area contributed by atoms with E-state index in [0.717, 1.165) is 9.13 Å². The van der Waals surface area contributed by atoms with Gasteiger partial charge in [0.2, 0.25) is 0 Å². The number of benzene rings is 2. The van der Waals surface area contributed by atoms with Gasteiger partial charge in [-0.05, 0) is 59.7 Å². The Balaban J connectivity index is 1.96.